The molecule has 188 valence electrons. The third kappa shape index (κ3) is 7.83. The molecule has 1 aromatic rings. The summed E-state index contributed by atoms with van der Waals surface area (Å²) in [6, 6.07) is 3.53. The van der Waals surface area contributed by atoms with Gasteiger partial charge in [-0.05, 0) is 44.0 Å². The van der Waals surface area contributed by atoms with Crippen LogP contribution in [0.1, 0.15) is 18.1 Å². The Hall–Kier alpha value is -3.48. The predicted molar refractivity (Wildman–Crippen MR) is 132 cm³/mol. The number of hydrogen-bond donors (Lipinski definition) is 0. The zero-order valence-electron chi connectivity index (χ0n) is 21.2. The third-order valence-corrected chi connectivity index (χ3v) is 5.06. The molecule has 0 spiro atoms. The quantitative estimate of drug-likeness (QED) is 0.233. The summed E-state index contributed by atoms with van der Waals surface area (Å²) in [6.45, 7) is 5.34. The van der Waals surface area contributed by atoms with Gasteiger partial charge in [0, 0.05) is 48.0 Å². The Morgan fingerprint density at radius 1 is 0.882 bits per heavy atom. The van der Waals surface area contributed by atoms with Crippen LogP contribution in [0.5, 0.6) is 5.75 Å². The minimum atomic E-state index is -0.930. The first-order chi connectivity index (χ1) is 15.8. The molecule has 0 N–H and O–H groups in total. The van der Waals surface area contributed by atoms with Gasteiger partial charge in [-0.15, -0.1) is 0 Å². The average Bonchev–Trinajstić information content (AvgIpc) is 2.72. The molecule has 0 saturated heterocycles. The van der Waals surface area contributed by atoms with Gasteiger partial charge in [-0.1, -0.05) is 10.3 Å². The van der Waals surface area contributed by atoms with Gasteiger partial charge in [0.05, 0.1) is 12.1 Å². The van der Waals surface area contributed by atoms with E-state index in [4.69, 9.17) is 9.57 Å². The lowest BCUT2D eigenvalue weighted by molar-refractivity contribution is -0.121. The molecule has 0 aliphatic rings. The minimum absolute atomic E-state index is 0.121. The number of nitrogens with zero attached hydrogens (tertiary/aromatic N) is 6. The first kappa shape index (κ1) is 28.6. The van der Waals surface area contributed by atoms with Crippen molar-refractivity contribution in [2.45, 2.75) is 20.8 Å². The van der Waals surface area contributed by atoms with Crippen molar-refractivity contribution in [1.82, 2.24) is 13.5 Å². The van der Waals surface area contributed by atoms with Gasteiger partial charge in [0.25, 0.3) is 5.91 Å². The van der Waals surface area contributed by atoms with E-state index in [0.717, 1.165) is 37.6 Å². The van der Waals surface area contributed by atoms with Crippen LogP contribution in [0.3, 0.4) is 0 Å². The van der Waals surface area contributed by atoms with E-state index >= 15 is 0 Å². The fourth-order valence-electron chi connectivity index (χ4n) is 2.89. The van der Waals surface area contributed by atoms with Crippen LogP contribution in [0.2, 0.25) is 0 Å². The number of benzene rings is 1. The van der Waals surface area contributed by atoms with Gasteiger partial charge in [-0.3, -0.25) is 9.63 Å². The standard InChI is InChI=1S/C21H32N6O6S/c1-13-11-16(12-14(2)18(13)24(4)5)32-20(29)26(8)34-27(9)21(30)33-23-17(15(3)22-31-10)19(28)25(6)7/h11-12H,1-10H3. The number of carbonyl (C=O) groups excluding carboxylic acids is 3. The summed E-state index contributed by atoms with van der Waals surface area (Å²) in [5.41, 5.74) is 2.87. The van der Waals surface area contributed by atoms with Gasteiger partial charge in [0.1, 0.15) is 18.6 Å². The number of amides is 3. The Balaban J connectivity index is 2.84. The minimum Gasteiger partial charge on any atom is -0.410 e. The van der Waals surface area contributed by atoms with Gasteiger partial charge in [-0.2, -0.15) is 0 Å². The van der Waals surface area contributed by atoms with Crippen LogP contribution in [0.4, 0.5) is 15.3 Å². The number of rotatable bonds is 8. The molecule has 1 aromatic carbocycles. The summed E-state index contributed by atoms with van der Waals surface area (Å²) in [4.78, 5) is 49.8. The second kappa shape index (κ2) is 12.7. The van der Waals surface area contributed by atoms with Crippen molar-refractivity contribution < 1.29 is 28.8 Å². The number of ether oxygens (including phenoxy) is 1. The van der Waals surface area contributed by atoms with E-state index in [2.05, 4.69) is 15.1 Å². The molecule has 3 amide bonds. The van der Waals surface area contributed by atoms with Crippen molar-refractivity contribution in [2.24, 2.45) is 10.3 Å². The molecule has 13 heteroatoms. The molecule has 34 heavy (non-hydrogen) atoms. The summed E-state index contributed by atoms with van der Waals surface area (Å²) >= 11 is 0.726. The molecule has 0 aliphatic heterocycles. The van der Waals surface area contributed by atoms with Gasteiger partial charge in [-0.25, -0.2) is 18.2 Å². The molecule has 0 heterocycles. The Bertz CT molecular complexity index is 955. The van der Waals surface area contributed by atoms with Crippen molar-refractivity contribution in [1.29, 1.82) is 0 Å². The highest BCUT2D eigenvalue weighted by atomic mass is 32.2. The van der Waals surface area contributed by atoms with Crippen LogP contribution in [-0.2, 0) is 14.5 Å². The molecule has 0 fully saturated rings. The summed E-state index contributed by atoms with van der Waals surface area (Å²) in [5.74, 6) is -0.152. The van der Waals surface area contributed by atoms with E-state index in [9.17, 15) is 14.4 Å². The Morgan fingerprint density at radius 2 is 1.41 bits per heavy atom. The highest BCUT2D eigenvalue weighted by Gasteiger charge is 2.23. The second-order valence-corrected chi connectivity index (χ2v) is 8.86. The van der Waals surface area contributed by atoms with E-state index < -0.39 is 18.1 Å². The van der Waals surface area contributed by atoms with Crippen LogP contribution in [0.15, 0.2) is 22.4 Å². The zero-order valence-corrected chi connectivity index (χ0v) is 22.0. The third-order valence-electron chi connectivity index (χ3n) is 4.27. The fourth-order valence-corrected chi connectivity index (χ4v) is 3.46. The van der Waals surface area contributed by atoms with Crippen LogP contribution < -0.4 is 9.64 Å². The Kier molecular flexibility index (Phi) is 10.6. The van der Waals surface area contributed by atoms with Gasteiger partial charge < -0.3 is 19.4 Å². The summed E-state index contributed by atoms with van der Waals surface area (Å²) < 4.78 is 7.55. The van der Waals surface area contributed by atoms with Crippen LogP contribution in [-0.4, -0.2) is 92.4 Å². The van der Waals surface area contributed by atoms with E-state index in [1.807, 2.05) is 32.8 Å². The number of oxime groups is 2. The lowest BCUT2D eigenvalue weighted by Crippen LogP contribution is -2.35. The first-order valence-electron chi connectivity index (χ1n) is 10.0. The monoisotopic (exact) mass is 496 g/mol. The molecule has 12 nitrogen and oxygen atoms in total. The van der Waals surface area contributed by atoms with E-state index in [1.165, 1.54) is 47.1 Å². The summed E-state index contributed by atoms with van der Waals surface area (Å²) in [5, 5.41) is 7.26. The van der Waals surface area contributed by atoms with E-state index in [-0.39, 0.29) is 11.4 Å². The molecule has 1 rings (SSSR count). The molecular formula is C21H32N6O6S. The maximum absolute atomic E-state index is 12.5. The highest BCUT2D eigenvalue weighted by molar-refractivity contribution is 7.95. The first-order valence-corrected chi connectivity index (χ1v) is 10.8. The van der Waals surface area contributed by atoms with Gasteiger partial charge >= 0.3 is 12.2 Å². The molecule has 0 radical (unpaired) electrons. The fraction of sp³-hybridized carbons (Fsp3) is 0.476. The van der Waals surface area contributed by atoms with Crippen molar-refractivity contribution in [3.05, 3.63) is 23.3 Å². The van der Waals surface area contributed by atoms with Crippen LogP contribution in [0.25, 0.3) is 0 Å². The van der Waals surface area contributed by atoms with Crippen molar-refractivity contribution in [3.63, 3.8) is 0 Å². The van der Waals surface area contributed by atoms with Crippen molar-refractivity contribution in [3.8, 4) is 5.75 Å². The van der Waals surface area contributed by atoms with Crippen molar-refractivity contribution in [2.75, 3.05) is 54.3 Å². The largest absolute Gasteiger partial charge is 0.447 e. The Morgan fingerprint density at radius 3 is 1.88 bits per heavy atom. The molecule has 0 aliphatic carbocycles. The Labute approximate surface area is 204 Å². The van der Waals surface area contributed by atoms with Crippen LogP contribution >= 0.6 is 12.1 Å². The lowest BCUT2D eigenvalue weighted by Gasteiger charge is -2.22. The van der Waals surface area contributed by atoms with Gasteiger partial charge in [0.2, 0.25) is 0 Å². The molecule has 0 atom stereocenters. The topological polar surface area (TPSA) is 117 Å². The number of aryl methyl sites for hydroxylation is 2. The van der Waals surface area contributed by atoms with Crippen LogP contribution in [0, 0.1) is 13.8 Å². The maximum Gasteiger partial charge on any atom is 0.447 e. The SMILES string of the molecule is CON=C(C)C(=NOC(=O)N(C)SN(C)C(=O)Oc1cc(C)c(N(C)C)c(C)c1)C(=O)N(C)C. The second-order valence-electron chi connectivity index (χ2n) is 7.60. The normalized spacial score (nSPS) is 11.5. The van der Waals surface area contributed by atoms with E-state index in [1.54, 1.807) is 12.1 Å². The number of hydrogen-bond acceptors (Lipinski definition) is 10. The number of carbonyl (C=O) groups is 3. The summed E-state index contributed by atoms with van der Waals surface area (Å²) in [6.07, 6.45) is -1.63. The molecule has 0 saturated carbocycles. The smallest absolute Gasteiger partial charge is 0.410 e. The average molecular weight is 497 g/mol. The maximum atomic E-state index is 12.5. The summed E-state index contributed by atoms with van der Waals surface area (Å²) in [7, 11) is 11.0. The predicted octanol–water partition coefficient (Wildman–Crippen LogP) is 2.90. The molecule has 0 bridgehead atoms. The molecular weight excluding hydrogens is 464 g/mol. The van der Waals surface area contributed by atoms with E-state index in [0.29, 0.717) is 5.75 Å². The zero-order chi connectivity index (χ0) is 26.2. The highest BCUT2D eigenvalue weighted by Crippen LogP contribution is 2.29. The van der Waals surface area contributed by atoms with Crippen molar-refractivity contribution >= 4 is 47.3 Å². The molecule has 0 unspecified atom stereocenters. The molecule has 0 aromatic heterocycles. The number of anilines is 1. The van der Waals surface area contributed by atoms with Gasteiger partial charge in [0.15, 0.2) is 5.71 Å². The lowest BCUT2D eigenvalue weighted by atomic mass is 10.1.